The van der Waals surface area contributed by atoms with Gasteiger partial charge in [-0.1, -0.05) is 91.0 Å². The van der Waals surface area contributed by atoms with Gasteiger partial charge < -0.3 is 0 Å². The molecule has 40 heavy (non-hydrogen) atoms. The van der Waals surface area contributed by atoms with Crippen molar-refractivity contribution in [3.05, 3.63) is 121 Å². The average Bonchev–Trinajstić information content (AvgIpc) is 3.58. The Hall–Kier alpha value is -5.13. The maximum Gasteiger partial charge on any atom is 0.237 e. The van der Waals surface area contributed by atoms with Gasteiger partial charge in [-0.15, -0.1) is 11.3 Å². The first-order valence-electron chi connectivity index (χ1n) is 13.3. The van der Waals surface area contributed by atoms with Crippen molar-refractivity contribution >= 4 is 75.1 Å². The van der Waals surface area contributed by atoms with E-state index in [0.717, 1.165) is 27.7 Å². The van der Waals surface area contributed by atoms with Crippen molar-refractivity contribution < 1.29 is 0 Å². The van der Waals surface area contributed by atoms with Gasteiger partial charge in [-0.2, -0.15) is 4.98 Å². The predicted octanol–water partition coefficient (Wildman–Crippen LogP) is 9.31. The fourth-order valence-electron chi connectivity index (χ4n) is 6.20. The van der Waals surface area contributed by atoms with Crippen LogP contribution in [0.2, 0.25) is 0 Å². The van der Waals surface area contributed by atoms with Crippen molar-refractivity contribution in [2.24, 2.45) is 0 Å². The molecule has 0 fully saturated rings. The molecule has 5 aromatic carbocycles. The Morgan fingerprint density at radius 2 is 1.23 bits per heavy atom. The largest absolute Gasteiger partial charge is 0.276 e. The van der Waals surface area contributed by atoms with Gasteiger partial charge in [0.25, 0.3) is 0 Å². The van der Waals surface area contributed by atoms with E-state index in [1.165, 1.54) is 41.7 Å². The number of aromatic nitrogens is 4. The number of pyridine rings is 1. The highest BCUT2D eigenvalue weighted by atomic mass is 32.1. The quantitative estimate of drug-likeness (QED) is 0.225. The molecule has 0 radical (unpaired) electrons. The van der Waals surface area contributed by atoms with E-state index in [9.17, 15) is 0 Å². The normalized spacial score (nSPS) is 12.0. The zero-order valence-electron chi connectivity index (χ0n) is 21.2. The molecule has 0 unspecified atom stereocenters. The van der Waals surface area contributed by atoms with Crippen LogP contribution in [0, 0.1) is 0 Å². The first-order valence-corrected chi connectivity index (χ1v) is 14.1. The van der Waals surface area contributed by atoms with Gasteiger partial charge in [0.1, 0.15) is 0 Å². The summed E-state index contributed by atoms with van der Waals surface area (Å²) >= 11 is 1.84. The van der Waals surface area contributed by atoms with Crippen molar-refractivity contribution in [1.29, 1.82) is 0 Å². The molecule has 4 heterocycles. The lowest BCUT2D eigenvalue weighted by atomic mass is 9.99. The van der Waals surface area contributed by atoms with Gasteiger partial charge in [-0.05, 0) is 35.0 Å². The molecule has 4 aromatic heterocycles. The summed E-state index contributed by atoms with van der Waals surface area (Å²) in [5.74, 6) is 0.630. The second-order valence-corrected chi connectivity index (χ2v) is 11.1. The van der Waals surface area contributed by atoms with Gasteiger partial charge in [0.05, 0.1) is 21.4 Å². The number of benzene rings is 5. The monoisotopic (exact) mass is 528 g/mol. The number of hydrogen-bond donors (Lipinski definition) is 0. The zero-order valence-corrected chi connectivity index (χ0v) is 22.1. The van der Waals surface area contributed by atoms with Gasteiger partial charge in [0.2, 0.25) is 5.95 Å². The topological polar surface area (TPSA) is 43.6 Å². The minimum atomic E-state index is 0.630. The highest BCUT2D eigenvalue weighted by Crippen LogP contribution is 2.47. The molecule has 0 bridgehead atoms. The smallest absolute Gasteiger partial charge is 0.237 e. The molecule has 0 aliphatic rings. The summed E-state index contributed by atoms with van der Waals surface area (Å²) in [6.07, 6.45) is 1.80. The van der Waals surface area contributed by atoms with Crippen LogP contribution in [-0.4, -0.2) is 19.5 Å². The lowest BCUT2D eigenvalue weighted by Crippen LogP contribution is -2.04. The maximum atomic E-state index is 5.27. The first-order chi connectivity index (χ1) is 19.9. The van der Waals surface area contributed by atoms with E-state index < -0.39 is 0 Å². The molecule has 0 saturated carbocycles. The maximum absolute atomic E-state index is 5.27. The number of nitrogens with zero attached hydrogens (tertiary/aromatic N) is 4. The van der Waals surface area contributed by atoms with Gasteiger partial charge in [0, 0.05) is 43.4 Å². The Balaban J connectivity index is 1.54. The molecule has 5 heteroatoms. The summed E-state index contributed by atoms with van der Waals surface area (Å²) in [4.78, 5) is 15.0. The van der Waals surface area contributed by atoms with E-state index in [1.54, 1.807) is 6.20 Å². The number of para-hydroxylation sites is 1. The van der Waals surface area contributed by atoms with E-state index >= 15 is 0 Å². The lowest BCUT2D eigenvalue weighted by molar-refractivity contribution is 1.01. The van der Waals surface area contributed by atoms with E-state index in [1.807, 2.05) is 35.6 Å². The molecule has 186 valence electrons. The highest BCUT2D eigenvalue weighted by molar-refractivity contribution is 7.27. The van der Waals surface area contributed by atoms with Crippen molar-refractivity contribution in [2.75, 3.05) is 0 Å². The number of thiophene rings is 1. The van der Waals surface area contributed by atoms with Crippen LogP contribution in [0.15, 0.2) is 121 Å². The van der Waals surface area contributed by atoms with Crippen LogP contribution in [0.3, 0.4) is 0 Å². The lowest BCUT2D eigenvalue weighted by Gasteiger charge is -2.12. The van der Waals surface area contributed by atoms with Crippen LogP contribution < -0.4 is 0 Å². The summed E-state index contributed by atoms with van der Waals surface area (Å²) in [6.45, 7) is 0. The molecule has 9 aromatic rings. The average molecular weight is 529 g/mol. The Morgan fingerprint density at radius 1 is 0.550 bits per heavy atom. The van der Waals surface area contributed by atoms with E-state index in [2.05, 4.69) is 101 Å². The third-order valence-corrected chi connectivity index (χ3v) is 9.04. The van der Waals surface area contributed by atoms with E-state index in [-0.39, 0.29) is 0 Å². The van der Waals surface area contributed by atoms with E-state index in [0.29, 0.717) is 11.6 Å². The van der Waals surface area contributed by atoms with Gasteiger partial charge in [0.15, 0.2) is 5.65 Å². The van der Waals surface area contributed by atoms with Crippen molar-refractivity contribution in [1.82, 2.24) is 19.5 Å². The van der Waals surface area contributed by atoms with Crippen LogP contribution >= 0.6 is 11.3 Å². The highest BCUT2D eigenvalue weighted by Gasteiger charge is 2.23. The second kappa shape index (κ2) is 8.18. The van der Waals surface area contributed by atoms with Crippen molar-refractivity contribution in [3.8, 4) is 17.2 Å². The van der Waals surface area contributed by atoms with Crippen molar-refractivity contribution in [2.45, 2.75) is 0 Å². The van der Waals surface area contributed by atoms with Gasteiger partial charge in [-0.25, -0.2) is 9.97 Å². The SMILES string of the molecule is c1ccc(-c2nc(-n3c4ccccc4c4c5ccccc5c5c6ccccc6sc5c43)nc3ncccc23)cc1. The Labute approximate surface area is 232 Å². The molecule has 0 spiro atoms. The molecule has 0 aliphatic carbocycles. The van der Waals surface area contributed by atoms with Gasteiger partial charge in [-0.3, -0.25) is 4.57 Å². The zero-order chi connectivity index (χ0) is 26.2. The molecular formula is C35H20N4S. The molecule has 0 amide bonds. The molecule has 0 N–H and O–H groups in total. The number of fused-ring (bicyclic) bond motifs is 11. The molecule has 0 saturated heterocycles. The second-order valence-electron chi connectivity index (χ2n) is 10.0. The summed E-state index contributed by atoms with van der Waals surface area (Å²) in [5.41, 5.74) is 4.84. The van der Waals surface area contributed by atoms with E-state index in [4.69, 9.17) is 9.97 Å². The number of hydrogen-bond acceptors (Lipinski definition) is 4. The van der Waals surface area contributed by atoms with Crippen LogP contribution in [0.5, 0.6) is 0 Å². The van der Waals surface area contributed by atoms with Crippen molar-refractivity contribution in [3.63, 3.8) is 0 Å². The predicted molar refractivity (Wildman–Crippen MR) is 168 cm³/mol. The molecule has 0 atom stereocenters. The standard InChI is InChI=1S/C35H20N4S/c1-2-11-21(12-3-1)31-26-17-10-20-36-34(26)38-35(37-31)39-27-18-8-6-15-24(27)29-22-13-4-5-14-23(22)30-25-16-7-9-19-28(25)40-33(30)32(29)39/h1-20H. The Bertz CT molecular complexity index is 2440. The first kappa shape index (κ1) is 21.8. The fourth-order valence-corrected chi connectivity index (χ4v) is 7.46. The third kappa shape index (κ3) is 2.92. The molecule has 0 aliphatic heterocycles. The van der Waals surface area contributed by atoms with Gasteiger partial charge >= 0.3 is 0 Å². The molecule has 4 nitrogen and oxygen atoms in total. The number of rotatable bonds is 2. The minimum Gasteiger partial charge on any atom is -0.276 e. The van der Waals surface area contributed by atoms with Crippen LogP contribution in [0.4, 0.5) is 0 Å². The van der Waals surface area contributed by atoms with Crippen LogP contribution in [-0.2, 0) is 0 Å². The molecule has 9 rings (SSSR count). The third-order valence-electron chi connectivity index (χ3n) is 7.86. The van der Waals surface area contributed by atoms with Crippen LogP contribution in [0.25, 0.3) is 81.0 Å². The Morgan fingerprint density at radius 3 is 2.08 bits per heavy atom. The molecular weight excluding hydrogens is 508 g/mol. The fraction of sp³-hybridized carbons (Fsp3) is 0. The summed E-state index contributed by atoms with van der Waals surface area (Å²) in [6, 6.07) is 40.4. The summed E-state index contributed by atoms with van der Waals surface area (Å²) in [5, 5.41) is 8.45. The Kier molecular flexibility index (Phi) is 4.45. The summed E-state index contributed by atoms with van der Waals surface area (Å²) < 4.78 is 4.78. The van der Waals surface area contributed by atoms with Crippen LogP contribution in [0.1, 0.15) is 0 Å². The minimum absolute atomic E-state index is 0.630. The summed E-state index contributed by atoms with van der Waals surface area (Å²) in [7, 11) is 0.